The average Bonchev–Trinajstić information content (AvgIpc) is 2.51. The molecule has 6 heteroatoms. The molecule has 0 spiro atoms. The Balaban J connectivity index is 2.40. The summed E-state index contributed by atoms with van der Waals surface area (Å²) in [6.45, 7) is 2.34. The summed E-state index contributed by atoms with van der Waals surface area (Å²) >= 11 is 0. The van der Waals surface area contributed by atoms with Crippen molar-refractivity contribution in [3.05, 3.63) is 35.6 Å². The highest BCUT2D eigenvalue weighted by Crippen LogP contribution is 2.39. The van der Waals surface area contributed by atoms with E-state index in [-0.39, 0.29) is 24.8 Å². The summed E-state index contributed by atoms with van der Waals surface area (Å²) in [6.07, 6.45) is 1.06. The number of carbonyl (C=O) groups excluding carboxylic acids is 1. The number of carbonyl (C=O) groups is 2. The van der Waals surface area contributed by atoms with E-state index in [2.05, 4.69) is 0 Å². The number of likely N-dealkylation sites (tertiary alicyclic amines) is 1. The highest BCUT2D eigenvalue weighted by Gasteiger charge is 2.42. The number of methoxy groups -OCH3 is 1. The number of amides is 1. The Labute approximate surface area is 135 Å². The Hall–Kier alpha value is -1.95. The molecule has 23 heavy (non-hydrogen) atoms. The molecule has 0 bridgehead atoms. The summed E-state index contributed by atoms with van der Waals surface area (Å²) in [5.41, 5.74) is 0.523. The SMILES string of the molecule is COCC[C@H](C)N1C(=O)CC[C@@H](C(=O)O)[C@H]1c1cccc(F)c1. The Morgan fingerprint density at radius 1 is 1.52 bits per heavy atom. The molecule has 0 unspecified atom stereocenters. The third-order valence-corrected chi connectivity index (χ3v) is 4.36. The number of rotatable bonds is 6. The summed E-state index contributed by atoms with van der Waals surface area (Å²) in [5.74, 6) is -2.23. The van der Waals surface area contributed by atoms with E-state index in [0.29, 0.717) is 18.6 Å². The van der Waals surface area contributed by atoms with E-state index in [9.17, 15) is 19.1 Å². The number of hydrogen-bond donors (Lipinski definition) is 1. The van der Waals surface area contributed by atoms with E-state index in [4.69, 9.17) is 4.74 Å². The molecule has 1 heterocycles. The van der Waals surface area contributed by atoms with Crippen LogP contribution in [0.15, 0.2) is 24.3 Å². The molecule has 0 aromatic heterocycles. The van der Waals surface area contributed by atoms with Crippen molar-refractivity contribution in [3.63, 3.8) is 0 Å². The van der Waals surface area contributed by atoms with Crippen LogP contribution in [0.1, 0.15) is 37.8 Å². The Morgan fingerprint density at radius 2 is 2.26 bits per heavy atom. The number of carboxylic acids is 1. The molecule has 1 N–H and O–H groups in total. The standard InChI is InChI=1S/C17H22FNO4/c1-11(8-9-23-2)19-15(20)7-6-14(17(21)22)16(19)12-4-3-5-13(18)10-12/h3-5,10-11,14,16H,6-9H2,1-2H3,(H,21,22)/t11-,14+,16+/m0/s1. The van der Waals surface area contributed by atoms with Gasteiger partial charge in [0.1, 0.15) is 5.82 Å². The Morgan fingerprint density at radius 3 is 2.87 bits per heavy atom. The Bertz CT molecular complexity index is 577. The normalized spacial score (nSPS) is 22.9. The lowest BCUT2D eigenvalue weighted by atomic mass is 9.83. The van der Waals surface area contributed by atoms with Crippen LogP contribution in [-0.2, 0) is 14.3 Å². The number of benzene rings is 1. The Kier molecular flexibility index (Phi) is 5.71. The number of hydrogen-bond acceptors (Lipinski definition) is 3. The van der Waals surface area contributed by atoms with Crippen LogP contribution in [0.3, 0.4) is 0 Å². The second-order valence-corrected chi connectivity index (χ2v) is 5.91. The van der Waals surface area contributed by atoms with E-state index >= 15 is 0 Å². The molecule has 0 saturated carbocycles. The van der Waals surface area contributed by atoms with Crippen molar-refractivity contribution in [1.29, 1.82) is 0 Å². The maximum atomic E-state index is 13.6. The van der Waals surface area contributed by atoms with Gasteiger partial charge in [0.15, 0.2) is 0 Å². The maximum Gasteiger partial charge on any atom is 0.308 e. The van der Waals surface area contributed by atoms with Crippen LogP contribution in [-0.4, -0.2) is 41.6 Å². The monoisotopic (exact) mass is 323 g/mol. The van der Waals surface area contributed by atoms with Crippen LogP contribution in [0.2, 0.25) is 0 Å². The van der Waals surface area contributed by atoms with E-state index < -0.39 is 23.7 Å². The highest BCUT2D eigenvalue weighted by atomic mass is 19.1. The van der Waals surface area contributed by atoms with Gasteiger partial charge in [-0.1, -0.05) is 12.1 Å². The molecule has 5 nitrogen and oxygen atoms in total. The van der Waals surface area contributed by atoms with Crippen molar-refractivity contribution < 1.29 is 23.8 Å². The average molecular weight is 323 g/mol. The summed E-state index contributed by atoms with van der Waals surface area (Å²) in [6, 6.07) is 5.01. The molecule has 1 aliphatic heterocycles. The molecule has 1 fully saturated rings. The summed E-state index contributed by atoms with van der Waals surface area (Å²) in [4.78, 5) is 25.7. The fourth-order valence-corrected chi connectivity index (χ4v) is 3.20. The summed E-state index contributed by atoms with van der Waals surface area (Å²) < 4.78 is 18.7. The van der Waals surface area contributed by atoms with Gasteiger partial charge in [-0.05, 0) is 37.5 Å². The van der Waals surface area contributed by atoms with Gasteiger partial charge in [-0.25, -0.2) is 4.39 Å². The lowest BCUT2D eigenvalue weighted by molar-refractivity contribution is -0.154. The number of aliphatic carboxylic acids is 1. The molecule has 1 aromatic carbocycles. The van der Waals surface area contributed by atoms with Crippen LogP contribution >= 0.6 is 0 Å². The predicted octanol–water partition coefficient (Wildman–Crippen LogP) is 2.62. The van der Waals surface area contributed by atoms with Gasteiger partial charge in [0, 0.05) is 26.2 Å². The molecule has 2 rings (SSSR count). The van der Waals surface area contributed by atoms with Gasteiger partial charge in [-0.15, -0.1) is 0 Å². The topological polar surface area (TPSA) is 66.8 Å². The van der Waals surface area contributed by atoms with Crippen molar-refractivity contribution in [3.8, 4) is 0 Å². The molecule has 1 aromatic rings. The molecule has 0 radical (unpaired) electrons. The third kappa shape index (κ3) is 3.88. The molecular formula is C17H22FNO4. The van der Waals surface area contributed by atoms with Gasteiger partial charge in [0.05, 0.1) is 12.0 Å². The first-order valence-electron chi connectivity index (χ1n) is 7.74. The van der Waals surface area contributed by atoms with Crippen molar-refractivity contribution >= 4 is 11.9 Å². The number of piperidine rings is 1. The quantitative estimate of drug-likeness (QED) is 0.874. The fraction of sp³-hybridized carbons (Fsp3) is 0.529. The minimum Gasteiger partial charge on any atom is -0.481 e. The van der Waals surface area contributed by atoms with Gasteiger partial charge in [0.2, 0.25) is 5.91 Å². The van der Waals surface area contributed by atoms with E-state index in [1.165, 1.54) is 12.1 Å². The molecule has 3 atom stereocenters. The van der Waals surface area contributed by atoms with E-state index in [1.54, 1.807) is 24.1 Å². The van der Waals surface area contributed by atoms with Crippen molar-refractivity contribution in [2.24, 2.45) is 5.92 Å². The van der Waals surface area contributed by atoms with Crippen molar-refractivity contribution in [1.82, 2.24) is 4.90 Å². The molecule has 1 aliphatic rings. The van der Waals surface area contributed by atoms with E-state index in [1.807, 2.05) is 6.92 Å². The summed E-state index contributed by atoms with van der Waals surface area (Å²) in [5, 5.41) is 9.54. The van der Waals surface area contributed by atoms with Gasteiger partial charge >= 0.3 is 5.97 Å². The zero-order valence-corrected chi connectivity index (χ0v) is 13.4. The van der Waals surface area contributed by atoms with Crippen LogP contribution in [0.25, 0.3) is 0 Å². The largest absolute Gasteiger partial charge is 0.481 e. The summed E-state index contributed by atoms with van der Waals surface area (Å²) in [7, 11) is 1.58. The van der Waals surface area contributed by atoms with Crippen LogP contribution in [0, 0.1) is 11.7 Å². The van der Waals surface area contributed by atoms with Gasteiger partial charge < -0.3 is 14.7 Å². The minimum absolute atomic E-state index is 0.0969. The molecule has 126 valence electrons. The van der Waals surface area contributed by atoms with Gasteiger partial charge in [-0.3, -0.25) is 9.59 Å². The minimum atomic E-state index is -0.962. The lowest BCUT2D eigenvalue weighted by Crippen LogP contribution is -2.49. The number of halogens is 1. The van der Waals surface area contributed by atoms with Crippen LogP contribution in [0.4, 0.5) is 4.39 Å². The zero-order valence-electron chi connectivity index (χ0n) is 13.4. The predicted molar refractivity (Wildman–Crippen MR) is 82.3 cm³/mol. The lowest BCUT2D eigenvalue weighted by Gasteiger charge is -2.43. The molecular weight excluding hydrogens is 301 g/mol. The fourth-order valence-electron chi connectivity index (χ4n) is 3.20. The number of carboxylic acid groups (broad SMARTS) is 1. The smallest absolute Gasteiger partial charge is 0.308 e. The second-order valence-electron chi connectivity index (χ2n) is 5.91. The zero-order chi connectivity index (χ0) is 17.0. The molecule has 0 aliphatic carbocycles. The highest BCUT2D eigenvalue weighted by molar-refractivity contribution is 5.82. The number of ether oxygens (including phenoxy) is 1. The van der Waals surface area contributed by atoms with E-state index in [0.717, 1.165) is 0 Å². The van der Waals surface area contributed by atoms with Crippen LogP contribution in [0.5, 0.6) is 0 Å². The third-order valence-electron chi connectivity index (χ3n) is 4.36. The van der Waals surface area contributed by atoms with Gasteiger partial charge in [-0.2, -0.15) is 0 Å². The van der Waals surface area contributed by atoms with Crippen molar-refractivity contribution in [2.75, 3.05) is 13.7 Å². The van der Waals surface area contributed by atoms with Gasteiger partial charge in [0.25, 0.3) is 0 Å². The van der Waals surface area contributed by atoms with Crippen molar-refractivity contribution in [2.45, 2.75) is 38.3 Å². The maximum absolute atomic E-state index is 13.6. The molecule has 1 amide bonds. The molecule has 1 saturated heterocycles. The first-order chi connectivity index (χ1) is 11.0. The van der Waals surface area contributed by atoms with Crippen LogP contribution < -0.4 is 0 Å². The first-order valence-corrected chi connectivity index (χ1v) is 7.74. The number of nitrogens with zero attached hydrogens (tertiary/aromatic N) is 1. The first kappa shape index (κ1) is 17.4. The second kappa shape index (κ2) is 7.55.